The Balaban J connectivity index is 1.75. The summed E-state index contributed by atoms with van der Waals surface area (Å²) in [6.45, 7) is 6.56. The van der Waals surface area contributed by atoms with Crippen LogP contribution in [-0.2, 0) is 4.79 Å². The van der Waals surface area contributed by atoms with Gasteiger partial charge in [0.05, 0.1) is 11.9 Å². The van der Waals surface area contributed by atoms with E-state index in [9.17, 15) is 4.79 Å². The molecule has 114 valence electrons. The average Bonchev–Trinajstić information content (AvgIpc) is 2.55. The smallest absolute Gasteiger partial charge is 0.243 e. The summed E-state index contributed by atoms with van der Waals surface area (Å²) in [5.74, 6) is 0.324. The molecular formula is C16H24N4O. The molecular weight excluding hydrogens is 264 g/mol. The van der Waals surface area contributed by atoms with E-state index in [1.165, 1.54) is 0 Å². The van der Waals surface area contributed by atoms with Crippen LogP contribution in [0.25, 0.3) is 0 Å². The SMILES string of the molecule is CCN1CCN(C)C2(CCN(c3cccnc3)CC2)C1=O. The largest absolute Gasteiger partial charge is 0.370 e. The van der Waals surface area contributed by atoms with Crippen LogP contribution >= 0.6 is 0 Å². The average molecular weight is 288 g/mol. The number of likely N-dealkylation sites (N-methyl/N-ethyl adjacent to an activating group) is 2. The molecule has 0 radical (unpaired) electrons. The molecule has 0 bridgehead atoms. The standard InChI is InChI=1S/C16H24N4O/c1-3-19-12-11-18(2)16(15(19)21)6-9-20(10-7-16)14-5-4-8-17-13-14/h4-5,8,13H,3,6-7,9-12H2,1-2H3. The quantitative estimate of drug-likeness (QED) is 0.820. The predicted octanol–water partition coefficient (Wildman–Crippen LogP) is 1.21. The van der Waals surface area contributed by atoms with Gasteiger partial charge in [-0.05, 0) is 38.9 Å². The molecule has 0 unspecified atom stereocenters. The van der Waals surface area contributed by atoms with Crippen molar-refractivity contribution in [1.82, 2.24) is 14.8 Å². The Labute approximate surface area is 126 Å². The number of hydrogen-bond donors (Lipinski definition) is 0. The van der Waals surface area contributed by atoms with Crippen LogP contribution in [0, 0.1) is 0 Å². The Hall–Kier alpha value is -1.62. The van der Waals surface area contributed by atoms with Gasteiger partial charge in [-0.2, -0.15) is 0 Å². The second-order valence-electron chi connectivity index (χ2n) is 6.04. The maximum absolute atomic E-state index is 12.8. The Morgan fingerprint density at radius 2 is 2.00 bits per heavy atom. The fourth-order valence-electron chi connectivity index (χ4n) is 3.62. The number of amides is 1. The first-order valence-electron chi connectivity index (χ1n) is 7.83. The van der Waals surface area contributed by atoms with Gasteiger partial charge in [-0.1, -0.05) is 0 Å². The fraction of sp³-hybridized carbons (Fsp3) is 0.625. The molecule has 2 aliphatic heterocycles. The van der Waals surface area contributed by atoms with Gasteiger partial charge in [0.2, 0.25) is 5.91 Å². The van der Waals surface area contributed by atoms with Gasteiger partial charge in [-0.25, -0.2) is 0 Å². The van der Waals surface area contributed by atoms with Gasteiger partial charge >= 0.3 is 0 Å². The molecule has 5 heteroatoms. The number of rotatable bonds is 2. The lowest BCUT2D eigenvalue weighted by Gasteiger charge is -2.51. The minimum absolute atomic E-state index is 0.285. The molecule has 0 aromatic carbocycles. The fourth-order valence-corrected chi connectivity index (χ4v) is 3.62. The van der Waals surface area contributed by atoms with E-state index in [1.54, 1.807) is 6.20 Å². The summed E-state index contributed by atoms with van der Waals surface area (Å²) in [6, 6.07) is 4.06. The Bertz CT molecular complexity index is 496. The monoisotopic (exact) mass is 288 g/mol. The summed E-state index contributed by atoms with van der Waals surface area (Å²) in [7, 11) is 2.10. The van der Waals surface area contributed by atoms with Crippen molar-refractivity contribution < 1.29 is 4.79 Å². The second-order valence-corrected chi connectivity index (χ2v) is 6.04. The van der Waals surface area contributed by atoms with Crippen LogP contribution in [0.3, 0.4) is 0 Å². The van der Waals surface area contributed by atoms with E-state index >= 15 is 0 Å². The van der Waals surface area contributed by atoms with E-state index < -0.39 is 0 Å². The third-order valence-corrected chi connectivity index (χ3v) is 5.10. The van der Waals surface area contributed by atoms with Crippen LogP contribution in [0.5, 0.6) is 0 Å². The van der Waals surface area contributed by atoms with Crippen LogP contribution < -0.4 is 4.90 Å². The number of hydrogen-bond acceptors (Lipinski definition) is 4. The lowest BCUT2D eigenvalue weighted by molar-refractivity contribution is -0.151. The first-order valence-corrected chi connectivity index (χ1v) is 7.83. The molecule has 0 atom stereocenters. The van der Waals surface area contributed by atoms with E-state index in [0.717, 1.165) is 51.3 Å². The maximum atomic E-state index is 12.8. The summed E-state index contributed by atoms with van der Waals surface area (Å²) >= 11 is 0. The van der Waals surface area contributed by atoms with Gasteiger partial charge in [0, 0.05) is 38.9 Å². The summed E-state index contributed by atoms with van der Waals surface area (Å²) < 4.78 is 0. The number of piperazine rings is 1. The van der Waals surface area contributed by atoms with E-state index in [4.69, 9.17) is 0 Å². The number of anilines is 1. The zero-order chi connectivity index (χ0) is 14.9. The lowest BCUT2D eigenvalue weighted by atomic mass is 9.82. The number of aromatic nitrogens is 1. The molecule has 2 saturated heterocycles. The van der Waals surface area contributed by atoms with Gasteiger partial charge in [-0.15, -0.1) is 0 Å². The van der Waals surface area contributed by atoms with Crippen molar-refractivity contribution in [2.24, 2.45) is 0 Å². The van der Waals surface area contributed by atoms with E-state index in [1.807, 2.05) is 17.2 Å². The first kappa shape index (κ1) is 14.3. The number of carbonyl (C=O) groups excluding carboxylic acids is 1. The molecule has 1 spiro atoms. The van der Waals surface area contributed by atoms with Gasteiger partial charge in [0.25, 0.3) is 0 Å². The number of nitrogens with zero attached hydrogens (tertiary/aromatic N) is 4. The highest BCUT2D eigenvalue weighted by atomic mass is 16.2. The van der Waals surface area contributed by atoms with Crippen molar-refractivity contribution in [3.8, 4) is 0 Å². The van der Waals surface area contributed by atoms with Crippen LogP contribution in [-0.4, -0.2) is 66.0 Å². The molecule has 1 aromatic rings. The van der Waals surface area contributed by atoms with Crippen LogP contribution in [0.2, 0.25) is 0 Å². The van der Waals surface area contributed by atoms with Crippen LogP contribution in [0.4, 0.5) is 5.69 Å². The van der Waals surface area contributed by atoms with Crippen LogP contribution in [0.1, 0.15) is 19.8 Å². The minimum Gasteiger partial charge on any atom is -0.370 e. The topological polar surface area (TPSA) is 39.7 Å². The third kappa shape index (κ3) is 2.39. The predicted molar refractivity (Wildman–Crippen MR) is 83.3 cm³/mol. The molecule has 3 heterocycles. The van der Waals surface area contributed by atoms with Crippen molar-refractivity contribution in [1.29, 1.82) is 0 Å². The van der Waals surface area contributed by atoms with Gasteiger partial charge in [0.1, 0.15) is 5.54 Å². The number of pyridine rings is 1. The molecule has 2 aliphatic rings. The highest BCUT2D eigenvalue weighted by Gasteiger charge is 2.48. The normalized spacial score (nSPS) is 22.9. The Kier molecular flexibility index (Phi) is 3.85. The minimum atomic E-state index is -0.285. The first-order chi connectivity index (χ1) is 10.2. The zero-order valence-electron chi connectivity index (χ0n) is 13.0. The summed E-state index contributed by atoms with van der Waals surface area (Å²) in [5, 5.41) is 0. The molecule has 1 amide bonds. The van der Waals surface area contributed by atoms with Crippen molar-refractivity contribution in [2.75, 3.05) is 44.7 Å². The molecule has 3 rings (SSSR count). The summed E-state index contributed by atoms with van der Waals surface area (Å²) in [4.78, 5) is 23.7. The number of piperidine rings is 1. The van der Waals surface area contributed by atoms with Crippen molar-refractivity contribution in [3.63, 3.8) is 0 Å². The lowest BCUT2D eigenvalue weighted by Crippen LogP contribution is -2.67. The molecule has 2 fully saturated rings. The summed E-state index contributed by atoms with van der Waals surface area (Å²) in [5.41, 5.74) is 0.873. The third-order valence-electron chi connectivity index (χ3n) is 5.10. The van der Waals surface area contributed by atoms with Crippen LogP contribution in [0.15, 0.2) is 24.5 Å². The van der Waals surface area contributed by atoms with Gasteiger partial charge in [0.15, 0.2) is 0 Å². The molecule has 21 heavy (non-hydrogen) atoms. The van der Waals surface area contributed by atoms with E-state index in [2.05, 4.69) is 34.8 Å². The van der Waals surface area contributed by atoms with Gasteiger partial charge in [-0.3, -0.25) is 14.7 Å². The molecule has 0 aliphatic carbocycles. The molecule has 0 saturated carbocycles. The molecule has 1 aromatic heterocycles. The van der Waals surface area contributed by atoms with Gasteiger partial charge < -0.3 is 9.80 Å². The second kappa shape index (κ2) is 5.64. The maximum Gasteiger partial charge on any atom is 0.243 e. The highest BCUT2D eigenvalue weighted by Crippen LogP contribution is 2.34. The molecule has 0 N–H and O–H groups in total. The Morgan fingerprint density at radius 3 is 2.62 bits per heavy atom. The van der Waals surface area contributed by atoms with Crippen molar-refractivity contribution in [2.45, 2.75) is 25.3 Å². The van der Waals surface area contributed by atoms with Crippen molar-refractivity contribution >= 4 is 11.6 Å². The van der Waals surface area contributed by atoms with E-state index in [0.29, 0.717) is 5.91 Å². The molecule has 5 nitrogen and oxygen atoms in total. The number of carbonyl (C=O) groups is 1. The zero-order valence-corrected chi connectivity index (χ0v) is 13.0. The van der Waals surface area contributed by atoms with E-state index in [-0.39, 0.29) is 5.54 Å². The Morgan fingerprint density at radius 1 is 1.24 bits per heavy atom. The highest BCUT2D eigenvalue weighted by molar-refractivity contribution is 5.87. The van der Waals surface area contributed by atoms with Crippen molar-refractivity contribution in [3.05, 3.63) is 24.5 Å². The summed E-state index contributed by atoms with van der Waals surface area (Å²) in [6.07, 6.45) is 5.50.